The Kier molecular flexibility index (Phi) is 11.7. The number of carbonyl (C=O) groups is 6. The molecule has 0 saturated carbocycles. The van der Waals surface area contributed by atoms with Crippen LogP contribution in [0.1, 0.15) is 32.6 Å². The molecule has 0 aromatic carbocycles. The van der Waals surface area contributed by atoms with Crippen LogP contribution in [0.5, 0.6) is 0 Å². The zero-order chi connectivity index (χ0) is 24.3. The zero-order valence-corrected chi connectivity index (χ0v) is 18.7. The van der Waals surface area contributed by atoms with Gasteiger partial charge in [0.2, 0.25) is 17.6 Å². The molecule has 6 N–H and O–H groups in total. The monoisotopic (exact) mass is 474 g/mol. The third-order valence-corrected chi connectivity index (χ3v) is 5.93. The van der Waals surface area contributed by atoms with Crippen LogP contribution in [0.15, 0.2) is 0 Å². The van der Waals surface area contributed by atoms with Gasteiger partial charge in [0.1, 0.15) is 18.6 Å². The van der Waals surface area contributed by atoms with Crippen molar-refractivity contribution >= 4 is 47.2 Å². The zero-order valence-electron chi connectivity index (χ0n) is 17.9. The summed E-state index contributed by atoms with van der Waals surface area (Å²) in [6, 6.07) is -2.41. The Balaban J connectivity index is 2.58. The molecule has 180 valence electrons. The molecule has 2 atom stereocenters. The molecule has 0 bridgehead atoms. The average Bonchev–Trinajstić information content (AvgIpc) is 2.74. The summed E-state index contributed by atoms with van der Waals surface area (Å²) >= 11 is 0.957. The molecule has 1 rings (SSSR count). The van der Waals surface area contributed by atoms with E-state index < -0.39 is 54.1 Å². The van der Waals surface area contributed by atoms with Crippen molar-refractivity contribution in [2.75, 3.05) is 31.1 Å². The molecule has 0 aromatic rings. The van der Waals surface area contributed by atoms with E-state index in [0.29, 0.717) is 19.0 Å². The van der Waals surface area contributed by atoms with Gasteiger partial charge < -0.3 is 31.5 Å². The van der Waals surface area contributed by atoms with Crippen molar-refractivity contribution < 1.29 is 39.0 Å². The summed E-state index contributed by atoms with van der Waals surface area (Å²) < 4.78 is 0. The SMILES string of the molecule is CC1CCN(C(=O)C(=O)CSCC(NC(=O)CCC(N)C(=O)O)C(=O)NCC(=O)O)CC1. The van der Waals surface area contributed by atoms with Crippen LogP contribution in [0, 0.1) is 5.92 Å². The number of likely N-dealkylation sites (tertiary alicyclic amines) is 1. The van der Waals surface area contributed by atoms with Gasteiger partial charge in [-0.2, -0.15) is 11.8 Å². The minimum Gasteiger partial charge on any atom is -0.480 e. The van der Waals surface area contributed by atoms with E-state index in [1.54, 1.807) is 0 Å². The first-order chi connectivity index (χ1) is 15.0. The maximum absolute atomic E-state index is 12.3. The molecule has 32 heavy (non-hydrogen) atoms. The van der Waals surface area contributed by atoms with Crippen molar-refractivity contribution in [3.05, 3.63) is 0 Å². The molecule has 2 unspecified atom stereocenters. The van der Waals surface area contributed by atoms with Crippen LogP contribution in [0.2, 0.25) is 0 Å². The first-order valence-corrected chi connectivity index (χ1v) is 11.3. The number of carbonyl (C=O) groups excluding carboxylic acids is 4. The Morgan fingerprint density at radius 2 is 1.75 bits per heavy atom. The van der Waals surface area contributed by atoms with E-state index in [1.165, 1.54) is 4.90 Å². The maximum Gasteiger partial charge on any atom is 0.322 e. The van der Waals surface area contributed by atoms with Crippen LogP contribution in [-0.2, 0) is 28.8 Å². The number of Topliss-reactive ketones (excluding diaryl/α,β-unsaturated/α-hetero) is 1. The van der Waals surface area contributed by atoms with E-state index in [2.05, 4.69) is 17.6 Å². The van der Waals surface area contributed by atoms with E-state index in [4.69, 9.17) is 15.9 Å². The standard InChI is InChI=1S/C19H30N4O8S/c1-11-4-6-23(7-5-11)18(29)14(24)10-32-9-13(17(28)21-8-16(26)27)22-15(25)3-2-12(20)19(30)31/h11-13H,2-10,20H2,1H3,(H,21,28)(H,22,25)(H,26,27)(H,30,31). The van der Waals surface area contributed by atoms with E-state index in [9.17, 15) is 28.8 Å². The molecule has 1 heterocycles. The number of nitrogens with zero attached hydrogens (tertiary/aromatic N) is 1. The van der Waals surface area contributed by atoms with E-state index in [1.807, 2.05) is 0 Å². The predicted molar refractivity (Wildman–Crippen MR) is 115 cm³/mol. The number of aliphatic carboxylic acids is 2. The summed E-state index contributed by atoms with van der Waals surface area (Å²) in [5, 5.41) is 22.0. The highest BCUT2D eigenvalue weighted by Gasteiger charge is 2.27. The fraction of sp³-hybridized carbons (Fsp3) is 0.684. The van der Waals surface area contributed by atoms with Gasteiger partial charge in [-0.3, -0.25) is 28.8 Å². The van der Waals surface area contributed by atoms with Gasteiger partial charge in [0.05, 0.1) is 5.75 Å². The lowest BCUT2D eigenvalue weighted by Crippen LogP contribution is -2.49. The molecule has 1 saturated heterocycles. The van der Waals surface area contributed by atoms with Crippen LogP contribution >= 0.6 is 11.8 Å². The number of hydrogen-bond donors (Lipinski definition) is 5. The molecular formula is C19H30N4O8S. The number of nitrogens with two attached hydrogens (primary N) is 1. The lowest BCUT2D eigenvalue weighted by molar-refractivity contribution is -0.144. The first-order valence-electron chi connectivity index (χ1n) is 10.2. The number of nitrogens with one attached hydrogen (secondary N) is 2. The minimum atomic E-state index is -1.28. The van der Waals surface area contributed by atoms with Crippen LogP contribution in [0.25, 0.3) is 0 Å². The molecule has 0 radical (unpaired) electrons. The van der Waals surface area contributed by atoms with Crippen molar-refractivity contribution in [2.24, 2.45) is 11.7 Å². The fourth-order valence-corrected chi connectivity index (χ4v) is 3.76. The number of hydrogen-bond acceptors (Lipinski definition) is 8. The van der Waals surface area contributed by atoms with E-state index in [0.717, 1.165) is 24.6 Å². The summed E-state index contributed by atoms with van der Waals surface area (Å²) in [4.78, 5) is 71.7. The molecule has 13 heteroatoms. The van der Waals surface area contributed by atoms with Crippen LogP contribution in [0.3, 0.4) is 0 Å². The van der Waals surface area contributed by atoms with Gasteiger partial charge in [0.15, 0.2) is 0 Å². The third-order valence-electron chi connectivity index (χ3n) is 4.89. The molecule has 12 nitrogen and oxygen atoms in total. The number of carboxylic acid groups (broad SMARTS) is 2. The summed E-state index contributed by atoms with van der Waals surface area (Å²) in [5.41, 5.74) is 5.35. The minimum absolute atomic E-state index is 0.0851. The summed E-state index contributed by atoms with van der Waals surface area (Å²) in [7, 11) is 0. The number of rotatable bonds is 13. The van der Waals surface area contributed by atoms with Crippen LogP contribution in [0.4, 0.5) is 0 Å². The Labute approximate surface area is 189 Å². The number of carboxylic acids is 2. The number of amides is 3. The predicted octanol–water partition coefficient (Wildman–Crippen LogP) is -1.58. The highest BCUT2D eigenvalue weighted by molar-refractivity contribution is 8.00. The van der Waals surface area contributed by atoms with Gasteiger partial charge in [0, 0.05) is 25.3 Å². The number of piperidine rings is 1. The van der Waals surface area contributed by atoms with Gasteiger partial charge in [-0.15, -0.1) is 0 Å². The molecule has 3 amide bonds. The topological polar surface area (TPSA) is 196 Å². The van der Waals surface area contributed by atoms with E-state index >= 15 is 0 Å². The molecule has 0 aromatic heterocycles. The highest BCUT2D eigenvalue weighted by Crippen LogP contribution is 2.16. The molecule has 1 aliphatic heterocycles. The summed E-state index contributed by atoms with van der Waals surface area (Å²) in [5.74, 6) is -4.96. The largest absolute Gasteiger partial charge is 0.480 e. The van der Waals surface area contributed by atoms with Gasteiger partial charge in [0.25, 0.3) is 5.91 Å². The Morgan fingerprint density at radius 3 is 2.31 bits per heavy atom. The van der Waals surface area contributed by atoms with Gasteiger partial charge in [-0.25, -0.2) is 0 Å². The van der Waals surface area contributed by atoms with Crippen molar-refractivity contribution in [3.63, 3.8) is 0 Å². The van der Waals surface area contributed by atoms with Crippen LogP contribution < -0.4 is 16.4 Å². The third kappa shape index (κ3) is 10.1. The molecule has 0 aliphatic carbocycles. The second-order valence-corrected chi connectivity index (χ2v) is 8.66. The molecular weight excluding hydrogens is 444 g/mol. The van der Waals surface area contributed by atoms with Gasteiger partial charge in [-0.05, 0) is 25.2 Å². The summed E-state index contributed by atoms with van der Waals surface area (Å²) in [6.45, 7) is 2.46. The second kappa shape index (κ2) is 13.7. The Morgan fingerprint density at radius 1 is 1.12 bits per heavy atom. The second-order valence-electron chi connectivity index (χ2n) is 7.63. The molecule has 1 aliphatic rings. The van der Waals surface area contributed by atoms with Gasteiger partial charge in [-0.1, -0.05) is 6.92 Å². The Hall–Kier alpha value is -2.67. The smallest absolute Gasteiger partial charge is 0.322 e. The summed E-state index contributed by atoms with van der Waals surface area (Å²) in [6.07, 6.45) is 1.25. The first kappa shape index (κ1) is 27.4. The fourth-order valence-electron chi connectivity index (χ4n) is 2.86. The van der Waals surface area contributed by atoms with Crippen LogP contribution in [-0.4, -0.2) is 93.8 Å². The normalized spacial score (nSPS) is 16.0. The number of ketones is 1. The highest BCUT2D eigenvalue weighted by atomic mass is 32.2. The van der Waals surface area contributed by atoms with Gasteiger partial charge >= 0.3 is 11.9 Å². The molecule has 0 spiro atoms. The molecule has 1 fully saturated rings. The lowest BCUT2D eigenvalue weighted by Gasteiger charge is -2.29. The van der Waals surface area contributed by atoms with Crippen molar-refractivity contribution in [2.45, 2.75) is 44.7 Å². The quantitative estimate of drug-likeness (QED) is 0.194. The Bertz CT molecular complexity index is 724. The van der Waals surface area contributed by atoms with E-state index in [-0.39, 0.29) is 24.3 Å². The van der Waals surface area contributed by atoms with Crippen molar-refractivity contribution in [3.8, 4) is 0 Å². The van der Waals surface area contributed by atoms with Crippen molar-refractivity contribution in [1.82, 2.24) is 15.5 Å². The maximum atomic E-state index is 12.3. The number of thioether (sulfide) groups is 1. The lowest BCUT2D eigenvalue weighted by atomic mass is 9.99. The van der Waals surface area contributed by atoms with Crippen molar-refractivity contribution in [1.29, 1.82) is 0 Å². The average molecular weight is 475 g/mol.